The molecule has 0 radical (unpaired) electrons. The molecule has 0 bridgehead atoms. The highest BCUT2D eigenvalue weighted by Gasteiger charge is 2.27. The second-order valence-corrected chi connectivity index (χ2v) is 4.68. The number of rotatable bonds is 5. The quantitative estimate of drug-likeness (QED) is 0.918. The number of hydrogen-bond acceptors (Lipinski definition) is 5. The predicted molar refractivity (Wildman–Crippen MR) is 62.5 cm³/mol. The third-order valence-electron chi connectivity index (χ3n) is 2.14. The van der Waals surface area contributed by atoms with E-state index in [-0.39, 0.29) is 17.9 Å². The Bertz CT molecular complexity index is 605. The summed E-state index contributed by atoms with van der Waals surface area (Å²) in [4.78, 5) is 14.7. The summed E-state index contributed by atoms with van der Waals surface area (Å²) < 4.78 is 45.2. The summed E-state index contributed by atoms with van der Waals surface area (Å²) in [5, 5.41) is 10.6. The van der Waals surface area contributed by atoms with Crippen molar-refractivity contribution in [2.24, 2.45) is 0 Å². The van der Waals surface area contributed by atoms with Crippen molar-refractivity contribution < 1.29 is 32.2 Å². The molecule has 108 valence electrons. The Labute approximate surface area is 114 Å². The van der Waals surface area contributed by atoms with Crippen LogP contribution in [0.2, 0.25) is 0 Å². The summed E-state index contributed by atoms with van der Waals surface area (Å²) in [5.41, 5.74) is 0.330. The van der Waals surface area contributed by atoms with Gasteiger partial charge in [-0.15, -0.1) is 11.3 Å². The Balaban J connectivity index is 1.99. The van der Waals surface area contributed by atoms with Gasteiger partial charge in [-0.2, -0.15) is 13.2 Å². The molecule has 0 saturated carbocycles. The second-order valence-electron chi connectivity index (χ2n) is 3.74. The molecule has 0 atom stereocenters. The van der Waals surface area contributed by atoms with Gasteiger partial charge >= 0.3 is 12.1 Å². The van der Waals surface area contributed by atoms with E-state index in [2.05, 4.69) is 9.72 Å². The number of thiazole rings is 1. The standard InChI is InChI=1S/C11H8F3NO4S/c12-11(13,14)5-18-3-9-15-7(4-20-9)8-1-6(2-19-8)10(16)17/h1-2,4H,3,5H2,(H,16,17). The third-order valence-corrected chi connectivity index (χ3v) is 2.96. The van der Waals surface area contributed by atoms with Crippen molar-refractivity contribution in [3.63, 3.8) is 0 Å². The van der Waals surface area contributed by atoms with E-state index in [0.717, 1.165) is 17.6 Å². The molecule has 0 spiro atoms. The molecule has 2 aromatic rings. The van der Waals surface area contributed by atoms with E-state index in [1.54, 1.807) is 5.38 Å². The predicted octanol–water partition coefficient (Wildman–Crippen LogP) is 3.18. The minimum absolute atomic E-state index is 0.0251. The Kier molecular flexibility index (Phi) is 4.09. The van der Waals surface area contributed by atoms with Crippen LogP contribution in [-0.4, -0.2) is 28.8 Å². The topological polar surface area (TPSA) is 72.6 Å². The number of halogens is 3. The summed E-state index contributed by atoms with van der Waals surface area (Å²) in [7, 11) is 0. The van der Waals surface area contributed by atoms with Gasteiger partial charge in [0.15, 0.2) is 5.76 Å². The van der Waals surface area contributed by atoms with E-state index in [1.165, 1.54) is 6.07 Å². The average Bonchev–Trinajstić information content (AvgIpc) is 2.94. The van der Waals surface area contributed by atoms with Crippen molar-refractivity contribution in [3.8, 4) is 11.5 Å². The van der Waals surface area contributed by atoms with Gasteiger partial charge in [-0.25, -0.2) is 9.78 Å². The van der Waals surface area contributed by atoms with Crippen molar-refractivity contribution in [2.75, 3.05) is 6.61 Å². The number of aromatic carboxylic acids is 1. The fraction of sp³-hybridized carbons (Fsp3) is 0.273. The van der Waals surface area contributed by atoms with Gasteiger partial charge in [-0.1, -0.05) is 0 Å². The Morgan fingerprint density at radius 1 is 1.50 bits per heavy atom. The van der Waals surface area contributed by atoms with Crippen LogP contribution in [0.25, 0.3) is 11.5 Å². The normalized spacial score (nSPS) is 11.8. The number of aromatic nitrogens is 1. The van der Waals surface area contributed by atoms with Gasteiger partial charge in [-0.3, -0.25) is 0 Å². The zero-order chi connectivity index (χ0) is 14.8. The molecule has 20 heavy (non-hydrogen) atoms. The van der Waals surface area contributed by atoms with Gasteiger partial charge < -0.3 is 14.3 Å². The first-order valence-corrected chi connectivity index (χ1v) is 6.14. The van der Waals surface area contributed by atoms with Crippen molar-refractivity contribution in [2.45, 2.75) is 12.8 Å². The monoisotopic (exact) mass is 307 g/mol. The minimum atomic E-state index is -4.38. The fourth-order valence-electron chi connectivity index (χ4n) is 1.33. The van der Waals surface area contributed by atoms with Gasteiger partial charge in [0.2, 0.25) is 0 Å². The molecule has 2 aromatic heterocycles. The Morgan fingerprint density at radius 3 is 2.85 bits per heavy atom. The molecule has 0 amide bonds. The van der Waals surface area contributed by atoms with E-state index in [1.807, 2.05) is 0 Å². The number of carboxylic acid groups (broad SMARTS) is 1. The van der Waals surface area contributed by atoms with Crippen molar-refractivity contribution in [3.05, 3.63) is 28.3 Å². The summed E-state index contributed by atoms with van der Waals surface area (Å²) >= 11 is 1.10. The largest absolute Gasteiger partial charge is 0.478 e. The molecule has 9 heteroatoms. The summed E-state index contributed by atoms with van der Waals surface area (Å²) in [6.07, 6.45) is -3.31. The number of furan rings is 1. The number of alkyl halides is 3. The maximum absolute atomic E-state index is 11.9. The number of ether oxygens (including phenoxy) is 1. The van der Waals surface area contributed by atoms with E-state index >= 15 is 0 Å². The van der Waals surface area contributed by atoms with Gasteiger partial charge in [-0.05, 0) is 0 Å². The number of hydrogen-bond donors (Lipinski definition) is 1. The molecule has 0 saturated heterocycles. The molecule has 5 nitrogen and oxygen atoms in total. The molecule has 0 aliphatic heterocycles. The lowest BCUT2D eigenvalue weighted by Gasteiger charge is -2.05. The molecule has 0 unspecified atom stereocenters. The lowest BCUT2D eigenvalue weighted by molar-refractivity contribution is -0.176. The van der Waals surface area contributed by atoms with E-state index in [9.17, 15) is 18.0 Å². The molecule has 0 aliphatic rings. The molecule has 0 aliphatic carbocycles. The first-order chi connectivity index (χ1) is 9.35. The van der Waals surface area contributed by atoms with Crippen LogP contribution in [0.3, 0.4) is 0 Å². The maximum atomic E-state index is 11.9. The zero-order valence-electron chi connectivity index (χ0n) is 9.81. The van der Waals surface area contributed by atoms with Crippen molar-refractivity contribution in [1.29, 1.82) is 0 Å². The van der Waals surface area contributed by atoms with Crippen LogP contribution >= 0.6 is 11.3 Å². The smallest absolute Gasteiger partial charge is 0.411 e. The van der Waals surface area contributed by atoms with Crippen LogP contribution in [0.4, 0.5) is 13.2 Å². The molecule has 2 heterocycles. The van der Waals surface area contributed by atoms with E-state index in [4.69, 9.17) is 9.52 Å². The maximum Gasteiger partial charge on any atom is 0.411 e. The number of carbonyl (C=O) groups is 1. The van der Waals surface area contributed by atoms with Crippen molar-refractivity contribution in [1.82, 2.24) is 4.98 Å². The van der Waals surface area contributed by atoms with Crippen LogP contribution in [-0.2, 0) is 11.3 Å². The van der Waals surface area contributed by atoms with Gasteiger partial charge in [0.1, 0.15) is 23.6 Å². The molecule has 2 rings (SSSR count). The molecule has 0 fully saturated rings. The highest BCUT2D eigenvalue weighted by Crippen LogP contribution is 2.25. The lowest BCUT2D eigenvalue weighted by Crippen LogP contribution is -2.16. The number of carboxylic acids is 1. The van der Waals surface area contributed by atoms with Gasteiger partial charge in [0.25, 0.3) is 0 Å². The van der Waals surface area contributed by atoms with Gasteiger partial charge in [0.05, 0.1) is 12.2 Å². The molecule has 0 aromatic carbocycles. The SMILES string of the molecule is O=C(O)c1coc(-c2csc(COCC(F)(F)F)n2)c1. The third kappa shape index (κ3) is 3.81. The van der Waals surface area contributed by atoms with Gasteiger partial charge in [0, 0.05) is 11.4 Å². The van der Waals surface area contributed by atoms with Crippen LogP contribution in [0.1, 0.15) is 15.4 Å². The summed E-state index contributed by atoms with van der Waals surface area (Å²) in [6.45, 7) is -1.61. The Hall–Kier alpha value is -1.87. The highest BCUT2D eigenvalue weighted by atomic mass is 32.1. The fourth-order valence-corrected chi connectivity index (χ4v) is 2.05. The first-order valence-electron chi connectivity index (χ1n) is 5.26. The molecule has 1 N–H and O–H groups in total. The lowest BCUT2D eigenvalue weighted by atomic mass is 10.3. The van der Waals surface area contributed by atoms with Crippen molar-refractivity contribution >= 4 is 17.3 Å². The molecular formula is C11H8F3NO4S. The van der Waals surface area contributed by atoms with Crippen LogP contribution in [0, 0.1) is 0 Å². The van der Waals surface area contributed by atoms with Crippen LogP contribution in [0.5, 0.6) is 0 Å². The summed E-state index contributed by atoms with van der Waals surface area (Å²) in [6, 6.07) is 1.29. The van der Waals surface area contributed by atoms with Crippen LogP contribution in [0.15, 0.2) is 22.1 Å². The molecular weight excluding hydrogens is 299 g/mol. The van der Waals surface area contributed by atoms with E-state index in [0.29, 0.717) is 10.7 Å². The zero-order valence-corrected chi connectivity index (χ0v) is 10.6. The summed E-state index contributed by atoms with van der Waals surface area (Å²) in [5.74, 6) is -0.898. The van der Waals surface area contributed by atoms with E-state index < -0.39 is 18.8 Å². The average molecular weight is 307 g/mol. The highest BCUT2D eigenvalue weighted by molar-refractivity contribution is 7.09. The number of nitrogens with zero attached hydrogens (tertiary/aromatic N) is 1. The minimum Gasteiger partial charge on any atom is -0.478 e. The Morgan fingerprint density at radius 2 is 2.25 bits per heavy atom. The second kappa shape index (κ2) is 5.63. The first kappa shape index (κ1) is 14.5. The van der Waals surface area contributed by atoms with Crippen LogP contribution < -0.4 is 0 Å².